The van der Waals surface area contributed by atoms with Gasteiger partial charge in [-0.1, -0.05) is 44.0 Å². The first-order valence-electron chi connectivity index (χ1n) is 7.15. The first-order valence-corrected chi connectivity index (χ1v) is 7.15. The highest BCUT2D eigenvalue weighted by Crippen LogP contribution is 2.22. The Morgan fingerprint density at radius 3 is 2.79 bits per heavy atom. The summed E-state index contributed by atoms with van der Waals surface area (Å²) in [5, 5.41) is 0. The first kappa shape index (κ1) is 14.1. The van der Waals surface area contributed by atoms with Gasteiger partial charge in [-0.05, 0) is 24.0 Å². The van der Waals surface area contributed by atoms with Crippen molar-refractivity contribution in [1.82, 2.24) is 4.90 Å². The second-order valence-corrected chi connectivity index (χ2v) is 5.17. The summed E-state index contributed by atoms with van der Waals surface area (Å²) in [6.07, 6.45) is 4.09. The number of benzene rings is 1. The molecule has 104 valence electrons. The number of unbranched alkanes of at least 4 members (excludes halogenated alkanes) is 1. The molecule has 0 aliphatic carbocycles. The molecule has 0 fully saturated rings. The van der Waals surface area contributed by atoms with Crippen molar-refractivity contribution in [2.45, 2.75) is 45.2 Å². The van der Waals surface area contributed by atoms with Gasteiger partial charge in [0.1, 0.15) is 6.04 Å². The van der Waals surface area contributed by atoms with E-state index in [-0.39, 0.29) is 12.0 Å². The van der Waals surface area contributed by atoms with E-state index in [0.717, 1.165) is 38.8 Å². The van der Waals surface area contributed by atoms with Crippen LogP contribution in [0.3, 0.4) is 0 Å². The molecule has 1 heterocycles. The van der Waals surface area contributed by atoms with Crippen molar-refractivity contribution in [3.05, 3.63) is 35.4 Å². The minimum atomic E-state index is -0.0900. The van der Waals surface area contributed by atoms with Gasteiger partial charge < -0.3 is 4.74 Å². The van der Waals surface area contributed by atoms with E-state index in [1.807, 2.05) is 0 Å². The number of rotatable bonds is 5. The van der Waals surface area contributed by atoms with Gasteiger partial charge in [-0.25, -0.2) is 0 Å². The smallest absolute Gasteiger partial charge is 0.323 e. The molecular formula is C16H23NO2. The molecule has 1 unspecified atom stereocenters. The minimum absolute atomic E-state index is 0.0849. The fourth-order valence-corrected chi connectivity index (χ4v) is 2.77. The molecule has 0 aromatic heterocycles. The largest absolute Gasteiger partial charge is 0.468 e. The van der Waals surface area contributed by atoms with E-state index < -0.39 is 0 Å². The molecule has 0 radical (unpaired) electrons. The summed E-state index contributed by atoms with van der Waals surface area (Å²) >= 11 is 0. The molecule has 19 heavy (non-hydrogen) atoms. The van der Waals surface area contributed by atoms with Crippen LogP contribution in [0.25, 0.3) is 0 Å². The SMILES string of the molecule is CCCCC(C(=O)OC)N1CCc2ccccc2C1. The maximum atomic E-state index is 12.0. The second kappa shape index (κ2) is 6.71. The molecule has 0 amide bonds. The normalized spacial score (nSPS) is 16.7. The van der Waals surface area contributed by atoms with Crippen LogP contribution in [0.15, 0.2) is 24.3 Å². The lowest BCUT2D eigenvalue weighted by atomic mass is 9.97. The summed E-state index contributed by atoms with van der Waals surface area (Å²) in [6, 6.07) is 8.42. The minimum Gasteiger partial charge on any atom is -0.468 e. The molecule has 1 aromatic carbocycles. The molecule has 0 saturated carbocycles. The van der Waals surface area contributed by atoms with E-state index in [0.29, 0.717) is 0 Å². The highest BCUT2D eigenvalue weighted by molar-refractivity contribution is 5.75. The molecule has 1 aliphatic heterocycles. The highest BCUT2D eigenvalue weighted by atomic mass is 16.5. The maximum Gasteiger partial charge on any atom is 0.323 e. The van der Waals surface area contributed by atoms with Crippen molar-refractivity contribution in [1.29, 1.82) is 0 Å². The van der Waals surface area contributed by atoms with E-state index in [9.17, 15) is 4.79 Å². The number of esters is 1. The number of nitrogens with zero attached hydrogens (tertiary/aromatic N) is 1. The van der Waals surface area contributed by atoms with Gasteiger partial charge in [0.15, 0.2) is 0 Å². The second-order valence-electron chi connectivity index (χ2n) is 5.17. The van der Waals surface area contributed by atoms with Gasteiger partial charge in [0, 0.05) is 13.1 Å². The number of hydrogen-bond acceptors (Lipinski definition) is 3. The van der Waals surface area contributed by atoms with Crippen LogP contribution in [0.4, 0.5) is 0 Å². The fraction of sp³-hybridized carbons (Fsp3) is 0.562. The third-order valence-corrected chi connectivity index (χ3v) is 3.91. The van der Waals surface area contributed by atoms with Crippen molar-refractivity contribution in [2.24, 2.45) is 0 Å². The standard InChI is InChI=1S/C16H23NO2/c1-3-4-9-15(16(18)19-2)17-11-10-13-7-5-6-8-14(13)12-17/h5-8,15H,3-4,9-12H2,1-2H3. The average Bonchev–Trinajstić information content (AvgIpc) is 2.47. The van der Waals surface area contributed by atoms with Gasteiger partial charge in [-0.3, -0.25) is 9.69 Å². The van der Waals surface area contributed by atoms with Gasteiger partial charge in [0.05, 0.1) is 7.11 Å². The Morgan fingerprint density at radius 1 is 1.37 bits per heavy atom. The number of fused-ring (bicyclic) bond motifs is 1. The average molecular weight is 261 g/mol. The first-order chi connectivity index (χ1) is 9.26. The number of carbonyl (C=O) groups excluding carboxylic acids is 1. The number of ether oxygens (including phenoxy) is 1. The lowest BCUT2D eigenvalue weighted by molar-refractivity contribution is -0.147. The molecule has 0 N–H and O–H groups in total. The Morgan fingerprint density at radius 2 is 2.11 bits per heavy atom. The van der Waals surface area contributed by atoms with Crippen molar-refractivity contribution in [3.8, 4) is 0 Å². The Balaban J connectivity index is 2.09. The Labute approximate surface area is 115 Å². The summed E-state index contributed by atoms with van der Waals surface area (Å²) in [5.74, 6) is -0.0900. The number of hydrogen-bond donors (Lipinski definition) is 0. The molecule has 3 heteroatoms. The van der Waals surface area contributed by atoms with Crippen LogP contribution in [0.1, 0.15) is 37.3 Å². The predicted octanol–water partition coefficient (Wildman–Crippen LogP) is 2.78. The predicted molar refractivity (Wildman–Crippen MR) is 75.9 cm³/mol. The van der Waals surface area contributed by atoms with Crippen LogP contribution < -0.4 is 0 Å². The lowest BCUT2D eigenvalue weighted by Gasteiger charge is -2.34. The van der Waals surface area contributed by atoms with Crippen LogP contribution in [-0.4, -0.2) is 30.6 Å². The summed E-state index contributed by atoms with van der Waals surface area (Å²) in [6.45, 7) is 3.96. The zero-order valence-corrected chi connectivity index (χ0v) is 11.9. The highest BCUT2D eigenvalue weighted by Gasteiger charge is 2.28. The molecular weight excluding hydrogens is 238 g/mol. The van der Waals surface area contributed by atoms with E-state index in [1.54, 1.807) is 0 Å². The van der Waals surface area contributed by atoms with E-state index >= 15 is 0 Å². The Bertz CT molecular complexity index is 431. The van der Waals surface area contributed by atoms with Crippen molar-refractivity contribution < 1.29 is 9.53 Å². The fourth-order valence-electron chi connectivity index (χ4n) is 2.77. The van der Waals surface area contributed by atoms with Crippen LogP contribution in [-0.2, 0) is 22.5 Å². The van der Waals surface area contributed by atoms with Crippen molar-refractivity contribution in [3.63, 3.8) is 0 Å². The Kier molecular flexibility index (Phi) is 4.97. The van der Waals surface area contributed by atoms with Crippen LogP contribution >= 0.6 is 0 Å². The van der Waals surface area contributed by atoms with Crippen LogP contribution in [0, 0.1) is 0 Å². The summed E-state index contributed by atoms with van der Waals surface area (Å²) < 4.78 is 4.97. The molecule has 1 aromatic rings. The molecule has 0 bridgehead atoms. The van der Waals surface area contributed by atoms with Crippen LogP contribution in [0.5, 0.6) is 0 Å². The molecule has 1 aliphatic rings. The van der Waals surface area contributed by atoms with Gasteiger partial charge in [-0.15, -0.1) is 0 Å². The lowest BCUT2D eigenvalue weighted by Crippen LogP contribution is -2.44. The molecule has 0 saturated heterocycles. The van der Waals surface area contributed by atoms with Gasteiger partial charge in [0.25, 0.3) is 0 Å². The van der Waals surface area contributed by atoms with Crippen LogP contribution in [0.2, 0.25) is 0 Å². The van der Waals surface area contributed by atoms with Gasteiger partial charge in [0.2, 0.25) is 0 Å². The zero-order valence-electron chi connectivity index (χ0n) is 11.9. The molecule has 2 rings (SSSR count). The van der Waals surface area contributed by atoms with E-state index in [2.05, 4.69) is 36.1 Å². The summed E-state index contributed by atoms with van der Waals surface area (Å²) in [7, 11) is 1.49. The molecule has 1 atom stereocenters. The quantitative estimate of drug-likeness (QED) is 0.763. The Hall–Kier alpha value is -1.35. The number of carbonyl (C=O) groups is 1. The third-order valence-electron chi connectivity index (χ3n) is 3.91. The van der Waals surface area contributed by atoms with Gasteiger partial charge >= 0.3 is 5.97 Å². The summed E-state index contributed by atoms with van der Waals surface area (Å²) in [5.41, 5.74) is 2.76. The van der Waals surface area contributed by atoms with Gasteiger partial charge in [-0.2, -0.15) is 0 Å². The maximum absolute atomic E-state index is 12.0. The van der Waals surface area contributed by atoms with E-state index in [1.165, 1.54) is 18.2 Å². The molecule has 3 nitrogen and oxygen atoms in total. The summed E-state index contributed by atoms with van der Waals surface area (Å²) in [4.78, 5) is 14.2. The topological polar surface area (TPSA) is 29.5 Å². The zero-order chi connectivity index (χ0) is 13.7. The van der Waals surface area contributed by atoms with Crippen molar-refractivity contribution >= 4 is 5.97 Å². The molecule has 0 spiro atoms. The third kappa shape index (κ3) is 3.35. The van der Waals surface area contributed by atoms with Crippen molar-refractivity contribution in [2.75, 3.05) is 13.7 Å². The van der Waals surface area contributed by atoms with E-state index in [4.69, 9.17) is 4.74 Å². The monoisotopic (exact) mass is 261 g/mol. The number of methoxy groups -OCH3 is 1.